The van der Waals surface area contributed by atoms with Crippen LogP contribution in [0.15, 0.2) is 250 Å². The number of hydrogen-bond donors (Lipinski definition) is 10. The number of aromatic nitrogens is 2. The Kier molecular flexibility index (Phi) is 27.7. The Labute approximate surface area is 694 Å². The number of imidazole rings is 1. The third-order valence-electron chi connectivity index (χ3n) is 22.9. The highest BCUT2D eigenvalue weighted by Crippen LogP contribution is 2.34. The van der Waals surface area contributed by atoms with Crippen molar-refractivity contribution in [2.45, 2.75) is 49.9 Å². The minimum atomic E-state index is -0.207. The molecule has 6 aromatic carbocycles. The van der Waals surface area contributed by atoms with Crippen LogP contribution in [0.3, 0.4) is 0 Å². The lowest BCUT2D eigenvalue weighted by Gasteiger charge is -2.31. The van der Waals surface area contributed by atoms with Gasteiger partial charge in [-0.05, 0) is 164 Å². The van der Waals surface area contributed by atoms with Crippen molar-refractivity contribution in [3.05, 3.63) is 235 Å². The Hall–Kier alpha value is -11.7. The molecule has 4 unspecified atom stereocenters. The number of nitrogens with two attached hydrogens (primary N) is 3. The van der Waals surface area contributed by atoms with E-state index < -0.39 is 0 Å². The average Bonchev–Trinajstić information content (AvgIpc) is 1.39. The number of anilines is 9. The Bertz CT molecular complexity index is 4940. The number of benzene rings is 6. The fraction of sp³-hybridized carbons (Fsp3) is 0.374. The molecule has 3 aliphatic carbocycles. The molecule has 0 bridgehead atoms. The van der Waals surface area contributed by atoms with Gasteiger partial charge in [-0.1, -0.05) is 0 Å². The molecule has 118 heavy (non-hydrogen) atoms. The fourth-order valence-corrected chi connectivity index (χ4v) is 15.7. The fourth-order valence-electron chi connectivity index (χ4n) is 15.7. The van der Waals surface area contributed by atoms with Gasteiger partial charge in [0.1, 0.15) is 36.6 Å². The van der Waals surface area contributed by atoms with Crippen molar-refractivity contribution >= 4 is 103 Å². The number of nitrogens with zero attached hydrogens (tertiary/aromatic N) is 14. The monoisotopic (exact) mass is 1600 g/mol. The second kappa shape index (κ2) is 38.1. The first-order chi connectivity index (χ1) is 56.5. The number of aliphatic imine (C=N–C) groups is 3. The number of rotatable bonds is 27. The summed E-state index contributed by atoms with van der Waals surface area (Å²) in [5, 5.41) is 46.8. The molecule has 13 N–H and O–H groups in total. The predicted octanol–water partition coefficient (Wildman–Crippen LogP) is 8.06. The molecule has 4 fully saturated rings. The van der Waals surface area contributed by atoms with Crippen LogP contribution in [-0.4, -0.2) is 259 Å². The van der Waals surface area contributed by atoms with Gasteiger partial charge in [-0.3, -0.25) is 14.4 Å². The highest BCUT2D eigenvalue weighted by molar-refractivity contribution is 6.25. The topological polar surface area (TPSA) is 312 Å². The number of likely N-dealkylation sites (N-methyl/N-ethyl adjacent to an activating group) is 3. The van der Waals surface area contributed by atoms with Crippen molar-refractivity contribution in [2.75, 3.05) is 214 Å². The summed E-state index contributed by atoms with van der Waals surface area (Å²) in [6.45, 7) is 9.98. The minimum absolute atomic E-state index is 0.00198. The predicted molar refractivity (Wildman–Crippen MR) is 477 cm³/mol. The number of aryl methyl sites for hydroxylation is 1. The van der Waals surface area contributed by atoms with Crippen LogP contribution in [0.2, 0.25) is 0 Å². The Morgan fingerprint density at radius 1 is 0.398 bits per heavy atom. The first kappa shape index (κ1) is 85.7. The molecule has 0 radical (unpaired) electrons. The molecular formula is C91H120N20O7+4. The Morgan fingerprint density at radius 2 is 0.678 bits per heavy atom. The second-order valence-corrected chi connectivity index (χ2v) is 33.9. The van der Waals surface area contributed by atoms with Crippen molar-refractivity contribution in [3.63, 3.8) is 0 Å². The van der Waals surface area contributed by atoms with Gasteiger partial charge in [0.15, 0.2) is 0 Å². The third kappa shape index (κ3) is 22.3. The third-order valence-corrected chi connectivity index (χ3v) is 22.9. The summed E-state index contributed by atoms with van der Waals surface area (Å²) >= 11 is 0. The molecule has 7 aliphatic rings. The Balaban J connectivity index is 0.000000163. The number of nitrogens with one attached hydrogen (secondary N) is 3. The number of aliphatic hydroxyl groups is 4. The van der Waals surface area contributed by atoms with Crippen LogP contribution in [0.4, 0.5) is 68.2 Å². The van der Waals surface area contributed by atoms with Crippen LogP contribution in [0, 0.1) is 0 Å². The molecule has 0 spiro atoms. The highest BCUT2D eigenvalue weighted by atomic mass is 16.3. The summed E-state index contributed by atoms with van der Waals surface area (Å²) in [6, 6.07) is 50.1. The van der Waals surface area contributed by atoms with E-state index in [2.05, 4.69) is 185 Å². The van der Waals surface area contributed by atoms with Crippen molar-refractivity contribution in [1.82, 2.24) is 4.57 Å². The van der Waals surface area contributed by atoms with Crippen molar-refractivity contribution in [3.8, 4) is 0 Å². The van der Waals surface area contributed by atoms with E-state index in [0.29, 0.717) is 113 Å². The van der Waals surface area contributed by atoms with Gasteiger partial charge < -0.3 is 96.4 Å². The molecule has 1 aromatic heterocycles. The number of ketones is 3. The summed E-state index contributed by atoms with van der Waals surface area (Å²) in [4.78, 5) is 65.6. The molecule has 7 aromatic rings. The van der Waals surface area contributed by atoms with E-state index in [4.69, 9.17) is 22.2 Å². The second-order valence-electron chi connectivity index (χ2n) is 33.9. The van der Waals surface area contributed by atoms with E-state index in [0.717, 1.165) is 112 Å². The molecule has 27 nitrogen and oxygen atoms in total. The highest BCUT2D eigenvalue weighted by Gasteiger charge is 2.36. The average molecular weight is 1610 g/mol. The van der Waals surface area contributed by atoms with Crippen LogP contribution >= 0.6 is 0 Å². The zero-order valence-corrected chi connectivity index (χ0v) is 70.0. The van der Waals surface area contributed by atoms with Crippen LogP contribution in [-0.2, 0) is 21.4 Å². The van der Waals surface area contributed by atoms with Crippen LogP contribution < -0.4 is 67.1 Å². The Morgan fingerprint density at radius 3 is 0.949 bits per heavy atom. The number of hydrogen-bond acceptors (Lipinski definition) is 22. The lowest BCUT2D eigenvalue weighted by molar-refractivity contribution is -0.893. The number of carbonyl (C=O) groups is 3. The van der Waals surface area contributed by atoms with Crippen LogP contribution in [0.5, 0.6) is 0 Å². The quantitative estimate of drug-likeness (QED) is 0.0132. The van der Waals surface area contributed by atoms with Gasteiger partial charge in [-0.25, -0.2) is 24.1 Å². The summed E-state index contributed by atoms with van der Waals surface area (Å²) < 4.78 is 7.26. The van der Waals surface area contributed by atoms with Gasteiger partial charge in [-0.2, -0.15) is 0 Å². The van der Waals surface area contributed by atoms with Crippen molar-refractivity contribution in [1.29, 1.82) is 0 Å². The summed E-state index contributed by atoms with van der Waals surface area (Å²) in [5.74, 6) is -0.557. The molecule has 14 rings (SSSR count). The van der Waals surface area contributed by atoms with E-state index in [1.165, 1.54) is 54.6 Å². The van der Waals surface area contributed by atoms with E-state index in [9.17, 15) is 34.8 Å². The summed E-state index contributed by atoms with van der Waals surface area (Å²) in [6.07, 6.45) is 20.3. The largest absolute Gasteiger partial charge is 0.397 e. The molecule has 27 heteroatoms. The van der Waals surface area contributed by atoms with Gasteiger partial charge >= 0.3 is 0 Å². The van der Waals surface area contributed by atoms with Crippen molar-refractivity contribution in [2.24, 2.45) is 39.2 Å². The maximum Gasteiger partial charge on any atom is 0.243 e. The molecule has 0 saturated carbocycles. The number of aliphatic hydroxyl groups excluding tert-OH is 4. The van der Waals surface area contributed by atoms with Crippen molar-refractivity contribution < 1.29 is 52.8 Å². The van der Waals surface area contributed by atoms with Gasteiger partial charge in [-0.15, -0.1) is 0 Å². The van der Waals surface area contributed by atoms with E-state index in [1.807, 2.05) is 114 Å². The zero-order valence-electron chi connectivity index (χ0n) is 70.0. The standard InChI is InChI=1S/C32H44N7O.C30H35N7O3.C29H38N6O3/c1-38(2,3)27-15-17-36(21-27)25-11-7-23(8-12-25)34-30-20-31(32(40)19-29(30)33)35-24-9-13-26(14-10-24)37-18-16-28(22-37)39(4,5)6;1-34-12-13-37(21-34)26-10-11-36(20-26)25-8-4-23(5-9-25)33-29-19-28(27(31)18-30(29)40)32-22-2-6-24(7-3-22)35(14-16-38)15-17-39;1-35(2,3)25-12-13-34(20-25)24-10-6-22(7-11-24)32-28-19-27(26(30)18-29(28)38)31-21-4-8-23(9-5-21)33(14-16-36)15-17-37/h7-14,19-20,27-28H,15-18,21-22H2,1-6H3,(H2-,33,34,35,40);2-9,12-13,18-19,21,26,38-39H,10-11,14-17,20H2,1H3,(H2-,31,32,33,40);4-11,18-19,25,36-37H,12-17,20H2,1-3H3,(H2-,30,31,32,38)/q+1;;/p+3. The molecule has 0 amide bonds. The van der Waals surface area contributed by atoms with Gasteiger partial charge in [0.05, 0.1) is 191 Å². The molecule has 622 valence electrons. The van der Waals surface area contributed by atoms with Gasteiger partial charge in [0, 0.05) is 147 Å². The maximum absolute atomic E-state index is 12.7. The van der Waals surface area contributed by atoms with Crippen LogP contribution in [0.1, 0.15) is 31.7 Å². The maximum atomic E-state index is 12.7. The SMILES string of the molecule is C[N+](C)(C)C1CCN(c2ccc(N=C3C=C(Nc4ccc(N5CCC([N+](C)(C)C)C5)cc4)C(=O)C=C3N)cc2)C1.C[N+](C)(C)C1CCN(c2ccc(NC3=CC(=Nc4ccc(N(CCO)CCO)cc4)C(N)=CC3=O)cc2)C1.C[n+]1ccn(C2CCN(c3ccc(NC4=CC(=Nc5ccc(N(CCO)CCO)cc5)C(N)=CC4=O)cc3)C2)c1. The minimum Gasteiger partial charge on any atom is -0.397 e. The smallest absolute Gasteiger partial charge is 0.243 e. The lowest BCUT2D eigenvalue weighted by Crippen LogP contribution is -2.46. The summed E-state index contributed by atoms with van der Waals surface area (Å²) in [7, 11) is 22.4. The molecule has 4 atom stereocenters. The van der Waals surface area contributed by atoms with Gasteiger partial charge in [0.25, 0.3) is 0 Å². The zero-order chi connectivity index (χ0) is 84.0. The summed E-state index contributed by atoms with van der Waals surface area (Å²) in [5.41, 5.74) is 33.5. The molecule has 4 aliphatic heterocycles. The van der Waals surface area contributed by atoms with Crippen LogP contribution in [0.25, 0.3) is 0 Å². The van der Waals surface area contributed by atoms with E-state index in [1.54, 1.807) is 18.2 Å². The molecule has 5 heterocycles. The normalized spacial score (nSPS) is 20.1. The molecule has 4 saturated heterocycles. The first-order valence-corrected chi connectivity index (χ1v) is 40.8. The van der Waals surface area contributed by atoms with Gasteiger partial charge in [0.2, 0.25) is 23.7 Å². The molecular weight excluding hydrogens is 1490 g/mol. The first-order valence-electron chi connectivity index (χ1n) is 40.8. The lowest BCUT2D eigenvalue weighted by atomic mass is 10.1. The number of carbonyl (C=O) groups excluding carboxylic acids is 3. The van der Waals surface area contributed by atoms with E-state index in [-0.39, 0.29) is 43.8 Å². The number of allylic oxidation sites excluding steroid dienone is 6. The number of quaternary nitrogens is 3. The van der Waals surface area contributed by atoms with E-state index >= 15 is 0 Å².